The average Bonchev–Trinajstić information content (AvgIpc) is 2.69. The van der Waals surface area contributed by atoms with Crippen molar-refractivity contribution in [2.75, 3.05) is 25.4 Å². The van der Waals surface area contributed by atoms with Crippen molar-refractivity contribution in [1.29, 1.82) is 0 Å². The number of hydrogen-bond acceptors (Lipinski definition) is 4. The minimum Gasteiger partial charge on any atom is -0.312 e. The summed E-state index contributed by atoms with van der Waals surface area (Å²) in [7, 11) is 0. The van der Waals surface area contributed by atoms with Gasteiger partial charge in [-0.05, 0) is 45.4 Å². The van der Waals surface area contributed by atoms with Crippen molar-refractivity contribution in [1.82, 2.24) is 10.2 Å². The van der Waals surface area contributed by atoms with Crippen LogP contribution in [0.3, 0.4) is 0 Å². The molecule has 1 N–H and O–H groups in total. The Hall–Kier alpha value is -0.0300. The molecule has 2 rings (SSSR count). The van der Waals surface area contributed by atoms with E-state index in [1.807, 2.05) is 11.3 Å². The smallest absolute Gasteiger partial charge is 0.0299 e. The molecule has 114 valence electrons. The molecule has 1 aliphatic rings. The third kappa shape index (κ3) is 4.76. The van der Waals surface area contributed by atoms with E-state index in [9.17, 15) is 0 Å². The van der Waals surface area contributed by atoms with Gasteiger partial charge in [-0.2, -0.15) is 11.8 Å². The standard InChI is InChI=1S/C16H28N2S2/c1-5-6-17-10-15-9-14(13(2)20-15)11-18-7-8-19-16(3,4)12-18/h9,17H,5-8,10-12H2,1-4H3. The highest BCUT2D eigenvalue weighted by Crippen LogP contribution is 2.31. The zero-order valence-electron chi connectivity index (χ0n) is 13.3. The summed E-state index contributed by atoms with van der Waals surface area (Å²) in [6.45, 7) is 14.9. The van der Waals surface area contributed by atoms with E-state index in [0.717, 1.165) is 19.6 Å². The number of rotatable bonds is 6. The monoisotopic (exact) mass is 312 g/mol. The molecule has 0 unspecified atom stereocenters. The molecule has 4 heteroatoms. The van der Waals surface area contributed by atoms with Crippen LogP contribution in [-0.4, -0.2) is 35.0 Å². The lowest BCUT2D eigenvalue weighted by Crippen LogP contribution is -2.42. The van der Waals surface area contributed by atoms with E-state index in [0.29, 0.717) is 4.75 Å². The van der Waals surface area contributed by atoms with Crippen molar-refractivity contribution in [2.45, 2.75) is 52.0 Å². The molecule has 0 atom stereocenters. The summed E-state index contributed by atoms with van der Waals surface area (Å²) in [5, 5.41) is 3.50. The molecule has 0 aliphatic carbocycles. The second-order valence-corrected chi connectivity index (χ2v) is 9.43. The predicted molar refractivity (Wildman–Crippen MR) is 92.9 cm³/mol. The van der Waals surface area contributed by atoms with Gasteiger partial charge in [0, 0.05) is 46.4 Å². The van der Waals surface area contributed by atoms with Gasteiger partial charge in [0.2, 0.25) is 0 Å². The van der Waals surface area contributed by atoms with Gasteiger partial charge in [-0.1, -0.05) is 6.92 Å². The van der Waals surface area contributed by atoms with Crippen LogP contribution in [-0.2, 0) is 13.1 Å². The summed E-state index contributed by atoms with van der Waals surface area (Å²) in [5.41, 5.74) is 1.53. The zero-order valence-corrected chi connectivity index (χ0v) is 14.9. The molecule has 20 heavy (non-hydrogen) atoms. The minimum atomic E-state index is 0.410. The summed E-state index contributed by atoms with van der Waals surface area (Å²) >= 11 is 4.07. The molecule has 2 heterocycles. The second-order valence-electron chi connectivity index (χ2n) is 6.29. The van der Waals surface area contributed by atoms with Gasteiger partial charge in [-0.15, -0.1) is 11.3 Å². The first kappa shape index (κ1) is 16.3. The normalized spacial score (nSPS) is 19.4. The minimum absolute atomic E-state index is 0.410. The maximum atomic E-state index is 3.50. The van der Waals surface area contributed by atoms with Crippen LogP contribution in [0, 0.1) is 6.92 Å². The molecule has 0 saturated carbocycles. The Labute approximate surface area is 132 Å². The van der Waals surface area contributed by atoms with E-state index in [1.165, 1.54) is 40.6 Å². The first-order chi connectivity index (χ1) is 9.50. The topological polar surface area (TPSA) is 15.3 Å². The molecular formula is C16H28N2S2. The summed E-state index contributed by atoms with van der Waals surface area (Å²) in [4.78, 5) is 5.60. The SMILES string of the molecule is CCCNCc1cc(CN2CCSC(C)(C)C2)c(C)s1. The Morgan fingerprint density at radius 2 is 2.20 bits per heavy atom. The first-order valence-electron chi connectivity index (χ1n) is 7.65. The third-order valence-corrected chi connectivity index (χ3v) is 6.09. The van der Waals surface area contributed by atoms with E-state index in [1.54, 1.807) is 0 Å². The van der Waals surface area contributed by atoms with Crippen LogP contribution in [0.25, 0.3) is 0 Å². The molecule has 2 nitrogen and oxygen atoms in total. The van der Waals surface area contributed by atoms with E-state index >= 15 is 0 Å². The molecule has 0 amide bonds. The number of aryl methyl sites for hydroxylation is 1. The van der Waals surface area contributed by atoms with Gasteiger partial charge in [0.1, 0.15) is 0 Å². The van der Waals surface area contributed by atoms with Crippen molar-refractivity contribution in [3.63, 3.8) is 0 Å². The van der Waals surface area contributed by atoms with E-state index in [-0.39, 0.29) is 0 Å². The van der Waals surface area contributed by atoms with Crippen molar-refractivity contribution < 1.29 is 0 Å². The molecule has 0 spiro atoms. The number of nitrogens with zero attached hydrogens (tertiary/aromatic N) is 1. The molecule has 1 fully saturated rings. The maximum absolute atomic E-state index is 3.50. The van der Waals surface area contributed by atoms with Crippen LogP contribution in [0.15, 0.2) is 6.07 Å². The Kier molecular flexibility index (Phi) is 5.96. The van der Waals surface area contributed by atoms with Crippen LogP contribution in [0.1, 0.15) is 42.5 Å². The first-order valence-corrected chi connectivity index (χ1v) is 9.45. The van der Waals surface area contributed by atoms with Crippen LogP contribution < -0.4 is 5.32 Å². The lowest BCUT2D eigenvalue weighted by molar-refractivity contribution is 0.252. The van der Waals surface area contributed by atoms with Gasteiger partial charge in [-0.3, -0.25) is 4.90 Å². The Morgan fingerprint density at radius 3 is 2.90 bits per heavy atom. The molecule has 1 aromatic rings. The maximum Gasteiger partial charge on any atom is 0.0299 e. The van der Waals surface area contributed by atoms with Crippen LogP contribution in [0.4, 0.5) is 0 Å². The lowest BCUT2D eigenvalue weighted by Gasteiger charge is -2.37. The highest BCUT2D eigenvalue weighted by atomic mass is 32.2. The van der Waals surface area contributed by atoms with Gasteiger partial charge in [0.15, 0.2) is 0 Å². The van der Waals surface area contributed by atoms with Crippen LogP contribution in [0.5, 0.6) is 0 Å². The fraction of sp³-hybridized carbons (Fsp3) is 0.750. The van der Waals surface area contributed by atoms with E-state index in [4.69, 9.17) is 0 Å². The molecule has 1 aromatic heterocycles. The van der Waals surface area contributed by atoms with Crippen molar-refractivity contribution >= 4 is 23.1 Å². The van der Waals surface area contributed by atoms with Crippen molar-refractivity contribution in [3.05, 3.63) is 21.4 Å². The highest BCUT2D eigenvalue weighted by Gasteiger charge is 2.27. The highest BCUT2D eigenvalue weighted by molar-refractivity contribution is 8.00. The Balaban J connectivity index is 1.92. The molecule has 0 aromatic carbocycles. The molecular weight excluding hydrogens is 284 g/mol. The summed E-state index contributed by atoms with van der Waals surface area (Å²) in [6.07, 6.45) is 1.21. The van der Waals surface area contributed by atoms with Crippen LogP contribution in [0.2, 0.25) is 0 Å². The third-order valence-electron chi connectivity index (χ3n) is 3.70. The van der Waals surface area contributed by atoms with Gasteiger partial charge in [0.25, 0.3) is 0 Å². The lowest BCUT2D eigenvalue weighted by atomic mass is 10.1. The van der Waals surface area contributed by atoms with Crippen molar-refractivity contribution in [3.8, 4) is 0 Å². The number of hydrogen-bond donors (Lipinski definition) is 1. The number of thiophene rings is 1. The van der Waals surface area contributed by atoms with E-state index < -0.39 is 0 Å². The van der Waals surface area contributed by atoms with Gasteiger partial charge in [0.05, 0.1) is 0 Å². The van der Waals surface area contributed by atoms with Crippen LogP contribution >= 0.6 is 23.1 Å². The van der Waals surface area contributed by atoms with Gasteiger partial charge in [-0.25, -0.2) is 0 Å². The Bertz CT molecular complexity index is 426. The molecule has 1 aliphatic heterocycles. The fourth-order valence-corrected chi connectivity index (χ4v) is 4.91. The molecule has 0 radical (unpaired) electrons. The largest absolute Gasteiger partial charge is 0.312 e. The quantitative estimate of drug-likeness (QED) is 0.803. The van der Waals surface area contributed by atoms with Crippen molar-refractivity contribution in [2.24, 2.45) is 0 Å². The van der Waals surface area contributed by atoms with E-state index in [2.05, 4.69) is 55.7 Å². The summed E-state index contributed by atoms with van der Waals surface area (Å²) in [5.74, 6) is 1.26. The van der Waals surface area contributed by atoms with Gasteiger partial charge < -0.3 is 5.32 Å². The summed E-state index contributed by atoms with van der Waals surface area (Å²) in [6, 6.07) is 2.41. The van der Waals surface area contributed by atoms with Gasteiger partial charge >= 0.3 is 0 Å². The number of thioether (sulfide) groups is 1. The zero-order chi connectivity index (χ0) is 14.6. The molecule has 1 saturated heterocycles. The second kappa shape index (κ2) is 7.30. The molecule has 0 bridgehead atoms. The number of nitrogens with one attached hydrogen (secondary N) is 1. The fourth-order valence-electron chi connectivity index (χ4n) is 2.71. The predicted octanol–water partition coefficient (Wildman–Crippen LogP) is 3.88. The Morgan fingerprint density at radius 1 is 1.40 bits per heavy atom. The average molecular weight is 313 g/mol. The summed E-state index contributed by atoms with van der Waals surface area (Å²) < 4.78 is 0.410.